The zero-order valence-corrected chi connectivity index (χ0v) is 12.0. The summed E-state index contributed by atoms with van der Waals surface area (Å²) in [6.45, 7) is 3.54. The van der Waals surface area contributed by atoms with Crippen molar-refractivity contribution in [2.24, 2.45) is 0 Å². The quantitative estimate of drug-likeness (QED) is 0.654. The lowest BCUT2D eigenvalue weighted by atomic mass is 10.1. The summed E-state index contributed by atoms with van der Waals surface area (Å²) < 4.78 is 5.69. The first kappa shape index (κ1) is 15.3. The molecule has 22 heavy (non-hydrogen) atoms. The highest BCUT2D eigenvalue weighted by Gasteiger charge is 2.10. The summed E-state index contributed by atoms with van der Waals surface area (Å²) in [4.78, 5) is 20.8. The second-order valence-corrected chi connectivity index (χ2v) is 4.72. The van der Waals surface area contributed by atoms with Crippen molar-refractivity contribution in [3.63, 3.8) is 0 Å². The molecular formula is C15H14N2O5. The summed E-state index contributed by atoms with van der Waals surface area (Å²) in [5.41, 5.74) is 1.93. The molecule has 0 radical (unpaired) electrons. The van der Waals surface area contributed by atoms with Crippen molar-refractivity contribution in [1.29, 1.82) is 0 Å². The Labute approximate surface area is 126 Å². The first-order chi connectivity index (χ1) is 10.4. The Morgan fingerprint density at radius 2 is 1.82 bits per heavy atom. The number of hydrogen-bond donors (Lipinski definition) is 2. The molecule has 0 unspecified atom stereocenters. The van der Waals surface area contributed by atoms with E-state index in [0.29, 0.717) is 22.7 Å². The second-order valence-electron chi connectivity index (χ2n) is 4.72. The molecular weight excluding hydrogens is 288 g/mol. The fourth-order valence-corrected chi connectivity index (χ4v) is 1.91. The summed E-state index contributed by atoms with van der Waals surface area (Å²) >= 11 is 0. The molecule has 0 atom stereocenters. The van der Waals surface area contributed by atoms with Gasteiger partial charge >= 0.3 is 6.09 Å². The van der Waals surface area contributed by atoms with E-state index in [-0.39, 0.29) is 5.69 Å². The van der Waals surface area contributed by atoms with Crippen LogP contribution in [-0.2, 0) is 0 Å². The van der Waals surface area contributed by atoms with Crippen molar-refractivity contribution < 1.29 is 19.6 Å². The van der Waals surface area contributed by atoms with Crippen LogP contribution in [-0.4, -0.2) is 16.1 Å². The average Bonchev–Trinajstić information content (AvgIpc) is 2.44. The molecule has 0 spiro atoms. The highest BCUT2D eigenvalue weighted by atomic mass is 16.6. The third kappa shape index (κ3) is 3.51. The monoisotopic (exact) mass is 302 g/mol. The van der Waals surface area contributed by atoms with Crippen LogP contribution in [0.4, 0.5) is 16.2 Å². The fourth-order valence-electron chi connectivity index (χ4n) is 1.91. The van der Waals surface area contributed by atoms with Crippen LogP contribution in [0.3, 0.4) is 0 Å². The zero-order chi connectivity index (χ0) is 16.3. The van der Waals surface area contributed by atoms with Gasteiger partial charge in [0.2, 0.25) is 0 Å². The molecule has 2 aromatic rings. The van der Waals surface area contributed by atoms with Crippen molar-refractivity contribution in [2.75, 3.05) is 5.32 Å². The van der Waals surface area contributed by atoms with Gasteiger partial charge in [-0.3, -0.25) is 15.4 Å². The number of anilines is 1. The van der Waals surface area contributed by atoms with Gasteiger partial charge in [0.25, 0.3) is 5.69 Å². The highest BCUT2D eigenvalue weighted by molar-refractivity contribution is 5.84. The third-order valence-electron chi connectivity index (χ3n) is 3.04. The van der Waals surface area contributed by atoms with Crippen LogP contribution in [0, 0.1) is 24.0 Å². The Balaban J connectivity index is 2.24. The van der Waals surface area contributed by atoms with Crippen molar-refractivity contribution in [2.45, 2.75) is 13.8 Å². The molecule has 1 amide bonds. The summed E-state index contributed by atoms with van der Waals surface area (Å²) in [7, 11) is 0. The third-order valence-corrected chi connectivity index (χ3v) is 3.04. The number of nitrogens with one attached hydrogen (secondary N) is 1. The molecule has 114 valence electrons. The molecule has 0 aliphatic carbocycles. The van der Waals surface area contributed by atoms with Gasteiger partial charge in [0.1, 0.15) is 11.5 Å². The summed E-state index contributed by atoms with van der Waals surface area (Å²) in [6.07, 6.45) is -1.13. The summed E-state index contributed by atoms with van der Waals surface area (Å²) in [6, 6.07) is 9.12. The Kier molecular flexibility index (Phi) is 4.26. The number of aryl methyl sites for hydroxylation is 2. The van der Waals surface area contributed by atoms with Gasteiger partial charge in [-0.05, 0) is 49.2 Å². The van der Waals surface area contributed by atoms with Crippen molar-refractivity contribution >= 4 is 17.5 Å². The van der Waals surface area contributed by atoms with E-state index in [1.807, 2.05) is 0 Å². The topological polar surface area (TPSA) is 102 Å². The van der Waals surface area contributed by atoms with E-state index in [2.05, 4.69) is 5.32 Å². The number of carbonyl (C=O) groups is 1. The number of nitro benzene ring substituents is 1. The average molecular weight is 302 g/mol. The van der Waals surface area contributed by atoms with Crippen molar-refractivity contribution in [1.82, 2.24) is 0 Å². The predicted octanol–water partition coefficient (Wildman–Crippen LogP) is 4.09. The first-order valence-electron chi connectivity index (χ1n) is 6.40. The van der Waals surface area contributed by atoms with E-state index in [0.717, 1.165) is 5.56 Å². The molecule has 0 aromatic heterocycles. The van der Waals surface area contributed by atoms with E-state index in [1.54, 1.807) is 26.0 Å². The maximum absolute atomic E-state index is 10.7. The predicted molar refractivity (Wildman–Crippen MR) is 80.7 cm³/mol. The van der Waals surface area contributed by atoms with E-state index in [9.17, 15) is 14.9 Å². The fraction of sp³-hybridized carbons (Fsp3) is 0.133. The van der Waals surface area contributed by atoms with Crippen LogP contribution in [0.2, 0.25) is 0 Å². The SMILES string of the molecule is Cc1cc(Oc2ccc([N+](=O)[O-])cc2)c(C)cc1NC(=O)O. The van der Waals surface area contributed by atoms with E-state index in [1.165, 1.54) is 24.3 Å². The number of carboxylic acid groups (broad SMARTS) is 1. The number of amides is 1. The summed E-state index contributed by atoms with van der Waals surface area (Å²) in [5.74, 6) is 1.02. The number of rotatable bonds is 4. The Hall–Kier alpha value is -3.09. The van der Waals surface area contributed by atoms with E-state index < -0.39 is 11.0 Å². The molecule has 0 heterocycles. The number of hydrogen-bond acceptors (Lipinski definition) is 4. The lowest BCUT2D eigenvalue weighted by Crippen LogP contribution is -2.08. The van der Waals surface area contributed by atoms with Crippen LogP contribution in [0.5, 0.6) is 11.5 Å². The van der Waals surface area contributed by atoms with Crippen LogP contribution in [0.25, 0.3) is 0 Å². The van der Waals surface area contributed by atoms with Crippen LogP contribution < -0.4 is 10.1 Å². The van der Waals surface area contributed by atoms with Gasteiger partial charge in [-0.1, -0.05) is 0 Å². The smallest absolute Gasteiger partial charge is 0.409 e. The van der Waals surface area contributed by atoms with Gasteiger partial charge in [0.15, 0.2) is 0 Å². The molecule has 2 rings (SSSR count). The highest BCUT2D eigenvalue weighted by Crippen LogP contribution is 2.30. The number of ether oxygens (including phenoxy) is 1. The molecule has 0 aliphatic heterocycles. The Morgan fingerprint density at radius 1 is 1.18 bits per heavy atom. The van der Waals surface area contributed by atoms with Crippen molar-refractivity contribution in [3.8, 4) is 11.5 Å². The minimum atomic E-state index is -1.13. The van der Waals surface area contributed by atoms with Crippen LogP contribution >= 0.6 is 0 Å². The molecule has 0 saturated heterocycles. The Bertz CT molecular complexity index is 725. The van der Waals surface area contributed by atoms with Gasteiger partial charge in [-0.25, -0.2) is 4.79 Å². The van der Waals surface area contributed by atoms with Gasteiger partial charge in [0, 0.05) is 17.8 Å². The maximum Gasteiger partial charge on any atom is 0.409 e. The molecule has 7 heteroatoms. The van der Waals surface area contributed by atoms with Crippen molar-refractivity contribution in [3.05, 3.63) is 57.6 Å². The van der Waals surface area contributed by atoms with Gasteiger partial charge in [-0.15, -0.1) is 0 Å². The molecule has 0 aliphatic rings. The standard InChI is InChI=1S/C15H14N2O5/c1-9-8-14(10(2)7-13(9)16-15(18)19)22-12-5-3-11(4-6-12)17(20)21/h3-8,16H,1-2H3,(H,18,19). The normalized spacial score (nSPS) is 10.1. The number of nitrogens with zero attached hydrogens (tertiary/aromatic N) is 1. The van der Waals surface area contributed by atoms with E-state index in [4.69, 9.17) is 9.84 Å². The minimum Gasteiger partial charge on any atom is -0.465 e. The van der Waals surface area contributed by atoms with Gasteiger partial charge < -0.3 is 9.84 Å². The summed E-state index contributed by atoms with van der Waals surface area (Å²) in [5, 5.41) is 21.7. The minimum absolute atomic E-state index is 0.0127. The Morgan fingerprint density at radius 3 is 2.36 bits per heavy atom. The second kappa shape index (κ2) is 6.13. The molecule has 0 saturated carbocycles. The first-order valence-corrected chi connectivity index (χ1v) is 6.40. The largest absolute Gasteiger partial charge is 0.465 e. The van der Waals surface area contributed by atoms with Gasteiger partial charge in [-0.2, -0.15) is 0 Å². The zero-order valence-electron chi connectivity index (χ0n) is 12.0. The van der Waals surface area contributed by atoms with Crippen LogP contribution in [0.1, 0.15) is 11.1 Å². The molecule has 7 nitrogen and oxygen atoms in total. The lowest BCUT2D eigenvalue weighted by molar-refractivity contribution is -0.384. The van der Waals surface area contributed by atoms with Gasteiger partial charge in [0.05, 0.1) is 4.92 Å². The lowest BCUT2D eigenvalue weighted by Gasteiger charge is -2.13. The molecule has 2 aromatic carbocycles. The maximum atomic E-state index is 10.7. The number of nitro groups is 1. The van der Waals surface area contributed by atoms with Crippen LogP contribution in [0.15, 0.2) is 36.4 Å². The number of non-ortho nitro benzene ring substituents is 1. The molecule has 0 fully saturated rings. The molecule has 2 N–H and O–H groups in total. The molecule has 0 bridgehead atoms. The van der Waals surface area contributed by atoms with E-state index >= 15 is 0 Å². The number of benzene rings is 2.